The zero-order valence-electron chi connectivity index (χ0n) is 15.2. The Labute approximate surface area is 162 Å². The predicted octanol–water partition coefficient (Wildman–Crippen LogP) is 3.60. The van der Waals surface area contributed by atoms with Gasteiger partial charge in [-0.05, 0) is 32.0 Å². The van der Waals surface area contributed by atoms with Gasteiger partial charge in [-0.1, -0.05) is 11.6 Å². The molecule has 0 saturated carbocycles. The molecular weight excluding hydrogens is 373 g/mol. The van der Waals surface area contributed by atoms with Crippen LogP contribution in [0.5, 0.6) is 0 Å². The minimum atomic E-state index is -0.479. The van der Waals surface area contributed by atoms with E-state index in [1.807, 2.05) is 13.0 Å². The van der Waals surface area contributed by atoms with Crippen molar-refractivity contribution in [2.75, 3.05) is 43.0 Å². The number of ether oxygens (including phenoxy) is 1. The molecule has 0 aliphatic carbocycles. The number of rotatable bonds is 4. The number of aryl methyl sites for hydroxylation is 1. The maximum absolute atomic E-state index is 13.3. The molecule has 1 saturated heterocycles. The van der Waals surface area contributed by atoms with Crippen molar-refractivity contribution < 1.29 is 13.9 Å². The van der Waals surface area contributed by atoms with Crippen LogP contribution in [0.3, 0.4) is 0 Å². The van der Waals surface area contributed by atoms with Gasteiger partial charge < -0.3 is 19.9 Å². The number of nitrogens with one attached hydrogen (secondary N) is 1. The maximum Gasteiger partial charge on any atom is 0.409 e. The van der Waals surface area contributed by atoms with E-state index in [1.165, 1.54) is 12.1 Å². The van der Waals surface area contributed by atoms with E-state index in [0.717, 1.165) is 11.5 Å². The highest BCUT2D eigenvalue weighted by Crippen LogP contribution is 2.23. The summed E-state index contributed by atoms with van der Waals surface area (Å²) < 4.78 is 18.4. The third-order valence-electron chi connectivity index (χ3n) is 4.15. The fourth-order valence-corrected chi connectivity index (χ4v) is 2.99. The van der Waals surface area contributed by atoms with Crippen molar-refractivity contribution in [3.63, 3.8) is 0 Å². The molecule has 0 radical (unpaired) electrons. The number of hydrogen-bond acceptors (Lipinski definition) is 6. The molecule has 9 heteroatoms. The average Bonchev–Trinajstić information content (AvgIpc) is 2.65. The van der Waals surface area contributed by atoms with Crippen LogP contribution in [0, 0.1) is 12.7 Å². The quantitative estimate of drug-likeness (QED) is 0.855. The normalized spacial score (nSPS) is 14.2. The van der Waals surface area contributed by atoms with Crippen molar-refractivity contribution in [1.82, 2.24) is 14.9 Å². The first kappa shape index (κ1) is 19.2. The fraction of sp³-hybridized carbons (Fsp3) is 0.389. The van der Waals surface area contributed by atoms with Gasteiger partial charge in [0.25, 0.3) is 0 Å². The summed E-state index contributed by atoms with van der Waals surface area (Å²) in [6.45, 7) is 6.47. The lowest BCUT2D eigenvalue weighted by molar-refractivity contribution is 0.105. The van der Waals surface area contributed by atoms with Crippen LogP contribution in [0.25, 0.3) is 0 Å². The van der Waals surface area contributed by atoms with Crippen molar-refractivity contribution in [3.05, 3.63) is 40.8 Å². The van der Waals surface area contributed by atoms with E-state index >= 15 is 0 Å². The number of hydrogen-bond donors (Lipinski definition) is 1. The van der Waals surface area contributed by atoms with Gasteiger partial charge in [0.1, 0.15) is 11.6 Å². The van der Waals surface area contributed by atoms with Crippen LogP contribution < -0.4 is 10.2 Å². The monoisotopic (exact) mass is 393 g/mol. The van der Waals surface area contributed by atoms with Crippen molar-refractivity contribution in [1.29, 1.82) is 0 Å². The van der Waals surface area contributed by atoms with Crippen LogP contribution in [0.4, 0.5) is 26.6 Å². The van der Waals surface area contributed by atoms with Gasteiger partial charge in [-0.15, -0.1) is 0 Å². The highest BCUT2D eigenvalue weighted by atomic mass is 35.5. The molecule has 1 aliphatic heterocycles. The first-order chi connectivity index (χ1) is 13.0. The molecule has 2 aromatic rings. The number of halogens is 2. The zero-order valence-corrected chi connectivity index (χ0v) is 16.0. The molecular formula is C18H21ClFN5O2. The molecule has 27 heavy (non-hydrogen) atoms. The van der Waals surface area contributed by atoms with Crippen LogP contribution in [0.1, 0.15) is 12.6 Å². The van der Waals surface area contributed by atoms with Gasteiger partial charge in [-0.2, -0.15) is 4.98 Å². The molecule has 0 bridgehead atoms. The number of amides is 1. The minimum Gasteiger partial charge on any atom is -0.450 e. The Balaban J connectivity index is 1.70. The van der Waals surface area contributed by atoms with E-state index in [9.17, 15) is 9.18 Å². The standard InChI is InChI=1S/C18H21ClFN5O2/c1-3-27-18(26)25-8-6-24(7-9-25)16-10-12(2)21-17(23-16)22-13-4-5-15(20)14(19)11-13/h4-5,10-11H,3,6-9H2,1-2H3,(H,21,22,23). The third kappa shape index (κ3) is 4.77. The Morgan fingerprint density at radius 1 is 1.26 bits per heavy atom. The summed E-state index contributed by atoms with van der Waals surface area (Å²) in [6.07, 6.45) is -0.286. The van der Waals surface area contributed by atoms with Gasteiger partial charge in [-0.25, -0.2) is 14.2 Å². The highest BCUT2D eigenvalue weighted by molar-refractivity contribution is 6.31. The van der Waals surface area contributed by atoms with Gasteiger partial charge in [-0.3, -0.25) is 0 Å². The smallest absolute Gasteiger partial charge is 0.409 e. The molecule has 144 valence electrons. The molecule has 1 N–H and O–H groups in total. The molecule has 1 aliphatic rings. The Morgan fingerprint density at radius 2 is 2.00 bits per heavy atom. The molecule has 2 heterocycles. The van der Waals surface area contributed by atoms with Crippen molar-refractivity contribution in [3.8, 4) is 0 Å². The van der Waals surface area contributed by atoms with Gasteiger partial charge in [0, 0.05) is 43.6 Å². The Kier molecular flexibility index (Phi) is 5.95. The SMILES string of the molecule is CCOC(=O)N1CCN(c2cc(C)nc(Nc3ccc(F)c(Cl)c3)n2)CC1. The molecule has 1 amide bonds. The first-order valence-corrected chi connectivity index (χ1v) is 9.08. The summed E-state index contributed by atoms with van der Waals surface area (Å²) in [6, 6.07) is 6.24. The molecule has 7 nitrogen and oxygen atoms in total. The Morgan fingerprint density at radius 3 is 2.67 bits per heavy atom. The molecule has 1 aromatic carbocycles. The summed E-state index contributed by atoms with van der Waals surface area (Å²) in [5, 5.41) is 3.08. The van der Waals surface area contributed by atoms with Crippen LogP contribution in [-0.4, -0.2) is 53.7 Å². The topological polar surface area (TPSA) is 70.6 Å². The Hall–Kier alpha value is -2.61. The molecule has 0 atom stereocenters. The van der Waals surface area contributed by atoms with E-state index in [1.54, 1.807) is 17.9 Å². The number of aromatic nitrogens is 2. The predicted molar refractivity (Wildman–Crippen MR) is 102 cm³/mol. The summed E-state index contributed by atoms with van der Waals surface area (Å²) in [5.74, 6) is 0.690. The van der Waals surface area contributed by atoms with Crippen LogP contribution in [-0.2, 0) is 4.74 Å². The van der Waals surface area contributed by atoms with Gasteiger partial charge in [0.15, 0.2) is 0 Å². The number of anilines is 3. The lowest BCUT2D eigenvalue weighted by Crippen LogP contribution is -2.49. The Bertz CT molecular complexity index is 827. The van der Waals surface area contributed by atoms with Crippen molar-refractivity contribution >= 4 is 35.1 Å². The molecule has 1 aromatic heterocycles. The number of carbonyl (C=O) groups excluding carboxylic acids is 1. The second kappa shape index (κ2) is 8.39. The minimum absolute atomic E-state index is 0.0305. The van der Waals surface area contributed by atoms with E-state index in [-0.39, 0.29) is 11.1 Å². The van der Waals surface area contributed by atoms with Crippen LogP contribution in [0.15, 0.2) is 24.3 Å². The summed E-state index contributed by atoms with van der Waals surface area (Å²) in [5.41, 5.74) is 1.40. The van der Waals surface area contributed by atoms with E-state index in [0.29, 0.717) is 44.4 Å². The second-order valence-corrected chi connectivity index (χ2v) is 6.53. The van der Waals surface area contributed by atoms with Gasteiger partial charge in [0.05, 0.1) is 11.6 Å². The van der Waals surface area contributed by atoms with Crippen LogP contribution >= 0.6 is 11.6 Å². The number of benzene rings is 1. The lowest BCUT2D eigenvalue weighted by atomic mass is 10.3. The third-order valence-corrected chi connectivity index (χ3v) is 4.44. The van der Waals surface area contributed by atoms with Gasteiger partial charge in [0.2, 0.25) is 5.95 Å². The van der Waals surface area contributed by atoms with E-state index in [4.69, 9.17) is 16.3 Å². The molecule has 0 spiro atoms. The van der Waals surface area contributed by atoms with E-state index < -0.39 is 5.82 Å². The fourth-order valence-electron chi connectivity index (χ4n) is 2.81. The molecule has 1 fully saturated rings. The highest BCUT2D eigenvalue weighted by Gasteiger charge is 2.23. The summed E-state index contributed by atoms with van der Waals surface area (Å²) in [4.78, 5) is 24.5. The number of piperazine rings is 1. The first-order valence-electron chi connectivity index (χ1n) is 8.70. The zero-order chi connectivity index (χ0) is 19.4. The second-order valence-electron chi connectivity index (χ2n) is 6.12. The molecule has 0 unspecified atom stereocenters. The lowest BCUT2D eigenvalue weighted by Gasteiger charge is -2.34. The number of carbonyl (C=O) groups is 1. The van der Waals surface area contributed by atoms with E-state index in [2.05, 4.69) is 20.2 Å². The maximum atomic E-state index is 13.3. The van der Waals surface area contributed by atoms with Crippen molar-refractivity contribution in [2.24, 2.45) is 0 Å². The summed E-state index contributed by atoms with van der Waals surface area (Å²) in [7, 11) is 0. The van der Waals surface area contributed by atoms with Crippen LogP contribution in [0.2, 0.25) is 5.02 Å². The largest absolute Gasteiger partial charge is 0.450 e. The summed E-state index contributed by atoms with van der Waals surface area (Å²) >= 11 is 5.82. The average molecular weight is 394 g/mol. The molecule has 3 rings (SSSR count). The van der Waals surface area contributed by atoms with Gasteiger partial charge >= 0.3 is 6.09 Å². The number of nitrogens with zero attached hydrogens (tertiary/aromatic N) is 4. The van der Waals surface area contributed by atoms with Crippen molar-refractivity contribution in [2.45, 2.75) is 13.8 Å².